The molecule has 10 fully saturated rings. The van der Waals surface area contributed by atoms with Gasteiger partial charge < -0.3 is 0 Å². The summed E-state index contributed by atoms with van der Waals surface area (Å²) in [5.41, 5.74) is 4.89. The first-order chi connectivity index (χ1) is 16.5. The minimum absolute atomic E-state index is 0.581. The van der Waals surface area contributed by atoms with E-state index in [0.717, 1.165) is 10.7 Å². The summed E-state index contributed by atoms with van der Waals surface area (Å²) >= 11 is 0. The van der Waals surface area contributed by atoms with Crippen LogP contribution in [0.3, 0.4) is 0 Å². The van der Waals surface area contributed by atoms with E-state index in [4.69, 9.17) is 0 Å². The summed E-state index contributed by atoms with van der Waals surface area (Å²) in [6.07, 6.45) is 1.68. The SMILES string of the molecule is O=C(Cc1ccc(-n2c3ccccc3c3ccccc32)cc1)C[C]12[CH]3[CH]4[CH]5[CH]1[Fe]45321678[CH]2[CH]1[CH]6[CH]7[CH]28. The van der Waals surface area contributed by atoms with Crippen LogP contribution < -0.4 is 0 Å². The fourth-order valence-electron chi connectivity index (χ4n) is 20.7. The van der Waals surface area contributed by atoms with Crippen molar-refractivity contribution in [3.8, 4) is 5.69 Å². The predicted octanol–water partition coefficient (Wildman–Crippen LogP) is 8.04. The quantitative estimate of drug-likeness (QED) is 0.263. The van der Waals surface area contributed by atoms with Crippen molar-refractivity contribution >= 4 is 27.6 Å². The van der Waals surface area contributed by atoms with Crippen LogP contribution in [0.15, 0.2) is 72.8 Å². The normalized spacial score (nSPS) is 65.6. The Bertz CT molecular complexity index is 2050. The van der Waals surface area contributed by atoms with E-state index < -0.39 is 6.51 Å². The van der Waals surface area contributed by atoms with Crippen LogP contribution in [0, 0.1) is 0 Å². The van der Waals surface area contributed by atoms with Gasteiger partial charge in [-0.3, -0.25) is 0 Å². The number of hydrogen-bond acceptors (Lipinski definition) is 1. The zero-order valence-electron chi connectivity index (χ0n) is 18.7. The van der Waals surface area contributed by atoms with Crippen molar-refractivity contribution in [1.29, 1.82) is 0 Å². The zero-order valence-corrected chi connectivity index (χ0v) is 19.9. The van der Waals surface area contributed by atoms with Crippen LogP contribution in [-0.2, 0) is 17.7 Å². The molecule has 0 aliphatic carbocycles. The number of Topliss-reactive ketones (excluding diaryl/α,β-unsaturated/α-hetero) is 1. The van der Waals surface area contributed by atoms with Crippen molar-refractivity contribution in [1.82, 2.24) is 4.57 Å². The molecule has 0 radical (unpaired) electrons. The van der Waals surface area contributed by atoms with Crippen molar-refractivity contribution in [3.63, 3.8) is 0 Å². The Morgan fingerprint density at radius 2 is 1.24 bits per heavy atom. The van der Waals surface area contributed by atoms with Crippen LogP contribution in [0.5, 0.6) is 0 Å². The van der Waals surface area contributed by atoms with E-state index in [-0.39, 0.29) is 0 Å². The summed E-state index contributed by atoms with van der Waals surface area (Å²) in [4.78, 5) is 25.3. The summed E-state index contributed by atoms with van der Waals surface area (Å²) in [6, 6.07) is 26.2. The van der Waals surface area contributed by atoms with Crippen molar-refractivity contribution in [2.75, 3.05) is 0 Å². The zero-order chi connectivity index (χ0) is 21.5. The molecule has 168 valence electrons. The molecule has 0 N–H and O–H groups in total. The van der Waals surface area contributed by atoms with Crippen LogP contribution in [0.1, 0.15) is 12.0 Å². The van der Waals surface area contributed by atoms with E-state index in [2.05, 4.69) is 77.4 Å². The summed E-state index contributed by atoms with van der Waals surface area (Å²) < 4.78 is 3.10. The van der Waals surface area contributed by atoms with E-state index in [1.54, 1.807) is 0 Å². The van der Waals surface area contributed by atoms with E-state index >= 15 is 0 Å². The van der Waals surface area contributed by atoms with Gasteiger partial charge in [-0.15, -0.1) is 0 Å². The number of rotatable bonds is 5. The van der Waals surface area contributed by atoms with Gasteiger partial charge in [0, 0.05) is 0 Å². The third-order valence-corrected chi connectivity index (χ3v) is 62.6. The van der Waals surface area contributed by atoms with Gasteiger partial charge in [-0.2, -0.15) is 0 Å². The molecule has 10 aliphatic rings. The molecule has 11 heterocycles. The number of aromatic nitrogens is 1. The fourth-order valence-corrected chi connectivity index (χ4v) is 95.5. The van der Waals surface area contributed by atoms with Crippen LogP contribution in [0.25, 0.3) is 27.5 Å². The molecule has 1 aromatic heterocycles. The van der Waals surface area contributed by atoms with Crippen LogP contribution in [-0.4, -0.2) is 10.4 Å². The van der Waals surface area contributed by atoms with Gasteiger partial charge in [0.05, 0.1) is 0 Å². The van der Waals surface area contributed by atoms with Crippen LogP contribution in [0.2, 0.25) is 47.7 Å². The van der Waals surface area contributed by atoms with Gasteiger partial charge in [0.2, 0.25) is 0 Å². The molecule has 10 aliphatic heterocycles. The Kier molecular flexibility index (Phi) is 0.915. The van der Waals surface area contributed by atoms with Crippen LogP contribution in [0.4, 0.5) is 0 Å². The number of carbonyl (C=O) groups excluding carboxylic acids is 1. The fraction of sp³-hybridized carbons (Fsp3) is 0.387. The first-order valence-corrected chi connectivity index (χ1v) is 19.6. The summed E-state index contributed by atoms with van der Waals surface area (Å²) in [7, 11) is 0. The molecular weight excluding hydrogens is 458 g/mol. The Morgan fingerprint density at radius 3 is 1.71 bits per heavy atom. The molecule has 4 aromatic rings. The molecule has 0 saturated carbocycles. The standard InChI is InChI=1S/C26H20NO.C5H5.Fe/c28-22(17-19-7-1-2-8-19)18-20-13-15-21(16-14-20)27-25-11-5-3-9-23(25)24-10-4-6-12-26(24)27;1-2-4-5-3-1;/h1-16H,17-18H2;1-5H;. The third-order valence-electron chi connectivity index (χ3n) is 19.6. The topological polar surface area (TPSA) is 22.0 Å². The molecule has 3 heteroatoms. The molecular formula is C31H25FeNO. The average molecular weight is 483 g/mol. The number of para-hydroxylation sites is 2. The summed E-state index contributed by atoms with van der Waals surface area (Å²) in [6.45, 7) is -3.11. The maximum absolute atomic E-state index is 13.5. The van der Waals surface area contributed by atoms with Gasteiger partial charge in [-0.25, -0.2) is 0 Å². The number of nitrogens with zero attached hydrogens (tertiary/aromatic N) is 1. The van der Waals surface area contributed by atoms with E-state index in [1.165, 1.54) is 76.4 Å². The van der Waals surface area contributed by atoms with Crippen molar-refractivity contribution in [2.45, 2.75) is 60.5 Å². The monoisotopic (exact) mass is 483 g/mol. The molecule has 3 aromatic carbocycles. The number of benzene rings is 3. The van der Waals surface area contributed by atoms with Crippen molar-refractivity contribution < 1.29 is 11.3 Å². The Labute approximate surface area is 187 Å². The maximum atomic E-state index is 13.5. The van der Waals surface area contributed by atoms with Gasteiger partial charge in [0.25, 0.3) is 0 Å². The molecule has 0 bridgehead atoms. The van der Waals surface area contributed by atoms with Crippen molar-refractivity contribution in [3.05, 3.63) is 78.4 Å². The van der Waals surface area contributed by atoms with Gasteiger partial charge in [-0.05, 0) is 0 Å². The first kappa shape index (κ1) is 14.9. The molecule has 10 saturated heterocycles. The number of ketones is 1. The molecule has 0 amide bonds. The number of carbonyl (C=O) groups is 1. The van der Waals surface area contributed by atoms with Gasteiger partial charge in [0.15, 0.2) is 0 Å². The van der Waals surface area contributed by atoms with Gasteiger partial charge in [0.1, 0.15) is 0 Å². The Balaban J connectivity index is 0.849. The van der Waals surface area contributed by atoms with Crippen molar-refractivity contribution in [2.24, 2.45) is 0 Å². The number of hydrogen-bond donors (Lipinski definition) is 0. The predicted molar refractivity (Wildman–Crippen MR) is 131 cm³/mol. The first-order valence-electron chi connectivity index (χ1n) is 13.3. The molecule has 14 rings (SSSR count). The second-order valence-corrected chi connectivity index (χ2v) is 39.4. The minimum atomic E-state index is -3.11. The summed E-state index contributed by atoms with van der Waals surface area (Å²) in [5.74, 6) is 0.581. The second-order valence-electron chi connectivity index (χ2n) is 15.8. The molecule has 34 heavy (non-hydrogen) atoms. The third kappa shape index (κ3) is 0.340. The van der Waals surface area contributed by atoms with Gasteiger partial charge >= 0.3 is 176 Å². The van der Waals surface area contributed by atoms with E-state index in [9.17, 15) is 4.79 Å². The Hall–Kier alpha value is -2.35. The molecule has 1 spiro atoms. The second kappa shape index (κ2) is 2.09. The average Bonchev–Trinajstić information content (AvgIpc) is 3.77. The van der Waals surface area contributed by atoms with E-state index in [1.807, 2.05) is 0 Å². The molecule has 4 atom stereocenters. The number of fused-ring (bicyclic) bond motifs is 13. The molecule has 4 unspecified atom stereocenters. The van der Waals surface area contributed by atoms with Gasteiger partial charge in [-0.1, -0.05) is 12.1 Å². The van der Waals surface area contributed by atoms with E-state index in [0.29, 0.717) is 12.2 Å². The molecule has 2 nitrogen and oxygen atoms in total. The van der Waals surface area contributed by atoms with Crippen LogP contribution >= 0.6 is 0 Å². The summed E-state index contributed by atoms with van der Waals surface area (Å²) in [5, 5.41) is 2.59. The Morgan fingerprint density at radius 1 is 0.706 bits per heavy atom.